The number of hydrogen-bond acceptors (Lipinski definition) is 6. The molecule has 0 N–H and O–H groups in total. The molecule has 0 spiro atoms. The van der Waals surface area contributed by atoms with Gasteiger partial charge in [0.15, 0.2) is 0 Å². The van der Waals surface area contributed by atoms with Gasteiger partial charge in [0, 0.05) is 37.3 Å². The molecule has 0 atom stereocenters. The summed E-state index contributed by atoms with van der Waals surface area (Å²) in [6, 6.07) is 18.1. The van der Waals surface area contributed by atoms with Gasteiger partial charge in [-0.3, -0.25) is 10.1 Å². The number of nitro benzene ring substituents is 1. The van der Waals surface area contributed by atoms with Gasteiger partial charge in [-0.2, -0.15) is 5.11 Å². The Morgan fingerprint density at radius 3 is 2.36 bits per heavy atom. The number of anilines is 1. The van der Waals surface area contributed by atoms with Crippen molar-refractivity contribution in [2.45, 2.75) is 6.92 Å². The number of rotatable bonds is 8. The predicted octanol–water partition coefficient (Wildman–Crippen LogP) is 5.64. The minimum Gasteiger partial charge on any atom is -0.383 e. The van der Waals surface area contributed by atoms with E-state index < -0.39 is 0 Å². The van der Waals surface area contributed by atoms with Crippen molar-refractivity contribution in [2.24, 2.45) is 10.2 Å². The molecule has 3 rings (SSSR count). The van der Waals surface area contributed by atoms with Crippen LogP contribution in [0.3, 0.4) is 0 Å². The second kappa shape index (κ2) is 9.05. The first kappa shape index (κ1) is 19.4. The SMILES string of the molecule is CCN(CCOC)c1ccc(N=Nc2ccc([N+](=O)[O-])c3ccccc23)cc1. The summed E-state index contributed by atoms with van der Waals surface area (Å²) < 4.78 is 5.15. The van der Waals surface area contributed by atoms with E-state index in [4.69, 9.17) is 4.74 Å². The first-order chi connectivity index (χ1) is 13.6. The lowest BCUT2D eigenvalue weighted by Crippen LogP contribution is -2.26. The zero-order chi connectivity index (χ0) is 19.9. The Morgan fingerprint density at radius 2 is 1.71 bits per heavy atom. The zero-order valence-corrected chi connectivity index (χ0v) is 15.9. The average molecular weight is 378 g/mol. The van der Waals surface area contributed by atoms with E-state index in [0.717, 1.165) is 18.8 Å². The molecule has 0 aliphatic heterocycles. The maximum Gasteiger partial charge on any atom is 0.277 e. The van der Waals surface area contributed by atoms with Crippen LogP contribution in [0, 0.1) is 10.1 Å². The molecule has 0 bridgehead atoms. The van der Waals surface area contributed by atoms with Crippen molar-refractivity contribution < 1.29 is 9.66 Å². The van der Waals surface area contributed by atoms with Crippen LogP contribution in [-0.2, 0) is 4.74 Å². The van der Waals surface area contributed by atoms with Gasteiger partial charge in [-0.05, 0) is 43.3 Å². The van der Waals surface area contributed by atoms with Crippen LogP contribution in [0.4, 0.5) is 22.7 Å². The van der Waals surface area contributed by atoms with Crippen LogP contribution in [-0.4, -0.2) is 31.7 Å². The molecule has 0 saturated heterocycles. The number of nitrogens with zero attached hydrogens (tertiary/aromatic N) is 4. The van der Waals surface area contributed by atoms with Crippen molar-refractivity contribution in [3.05, 3.63) is 70.8 Å². The Labute approximate surface area is 163 Å². The summed E-state index contributed by atoms with van der Waals surface area (Å²) in [5, 5.41) is 21.1. The van der Waals surface area contributed by atoms with E-state index in [1.165, 1.54) is 6.07 Å². The number of fused-ring (bicyclic) bond motifs is 1. The van der Waals surface area contributed by atoms with Crippen LogP contribution in [0.2, 0.25) is 0 Å². The molecular weight excluding hydrogens is 356 g/mol. The lowest BCUT2D eigenvalue weighted by atomic mass is 10.1. The summed E-state index contributed by atoms with van der Waals surface area (Å²) in [6.45, 7) is 4.48. The van der Waals surface area contributed by atoms with Crippen LogP contribution in [0.5, 0.6) is 0 Å². The quantitative estimate of drug-likeness (QED) is 0.289. The molecule has 144 valence electrons. The maximum atomic E-state index is 11.2. The van der Waals surface area contributed by atoms with Crippen LogP contribution < -0.4 is 4.90 Å². The Bertz CT molecular complexity index is 987. The number of non-ortho nitro benzene ring substituents is 1. The Balaban J connectivity index is 1.84. The van der Waals surface area contributed by atoms with Gasteiger partial charge in [-0.15, -0.1) is 5.11 Å². The molecule has 7 nitrogen and oxygen atoms in total. The predicted molar refractivity (Wildman–Crippen MR) is 111 cm³/mol. The molecule has 0 amide bonds. The minimum absolute atomic E-state index is 0.0645. The smallest absolute Gasteiger partial charge is 0.277 e. The molecule has 28 heavy (non-hydrogen) atoms. The first-order valence-corrected chi connectivity index (χ1v) is 9.06. The number of benzene rings is 3. The molecule has 0 unspecified atom stereocenters. The van der Waals surface area contributed by atoms with Gasteiger partial charge in [0.1, 0.15) is 0 Å². The van der Waals surface area contributed by atoms with Crippen LogP contribution in [0.15, 0.2) is 70.9 Å². The summed E-state index contributed by atoms with van der Waals surface area (Å²) in [5.74, 6) is 0. The first-order valence-electron chi connectivity index (χ1n) is 9.06. The summed E-state index contributed by atoms with van der Waals surface area (Å²) in [4.78, 5) is 13.1. The third kappa shape index (κ3) is 4.32. The number of likely N-dealkylation sites (N-methyl/N-ethyl adjacent to an activating group) is 1. The third-order valence-corrected chi connectivity index (χ3v) is 4.51. The van der Waals surface area contributed by atoms with E-state index in [9.17, 15) is 10.1 Å². The highest BCUT2D eigenvalue weighted by molar-refractivity contribution is 5.98. The molecule has 0 saturated carbocycles. The number of nitro groups is 1. The summed E-state index contributed by atoms with van der Waals surface area (Å²) in [5.41, 5.74) is 2.48. The van der Waals surface area contributed by atoms with Crippen molar-refractivity contribution in [3.8, 4) is 0 Å². The number of methoxy groups -OCH3 is 1. The van der Waals surface area contributed by atoms with E-state index >= 15 is 0 Å². The highest BCUT2D eigenvalue weighted by Crippen LogP contribution is 2.34. The second-order valence-electron chi connectivity index (χ2n) is 6.20. The molecule has 0 aliphatic carbocycles. The lowest BCUT2D eigenvalue weighted by molar-refractivity contribution is -0.383. The van der Waals surface area contributed by atoms with Gasteiger partial charge in [0.05, 0.1) is 28.3 Å². The monoisotopic (exact) mass is 378 g/mol. The fraction of sp³-hybridized carbons (Fsp3) is 0.238. The number of hydrogen-bond donors (Lipinski definition) is 0. The van der Waals surface area contributed by atoms with E-state index in [0.29, 0.717) is 28.8 Å². The Kier molecular flexibility index (Phi) is 6.29. The van der Waals surface area contributed by atoms with Crippen molar-refractivity contribution in [1.29, 1.82) is 0 Å². The van der Waals surface area contributed by atoms with Crippen LogP contribution >= 0.6 is 0 Å². The van der Waals surface area contributed by atoms with Gasteiger partial charge in [0.25, 0.3) is 5.69 Å². The summed E-state index contributed by atoms with van der Waals surface area (Å²) in [6.07, 6.45) is 0. The molecule has 0 fully saturated rings. The molecule has 3 aromatic rings. The van der Waals surface area contributed by atoms with Crippen molar-refractivity contribution >= 4 is 33.5 Å². The average Bonchev–Trinajstić information content (AvgIpc) is 2.73. The molecule has 0 aromatic heterocycles. The molecule has 0 heterocycles. The third-order valence-electron chi connectivity index (χ3n) is 4.51. The highest BCUT2D eigenvalue weighted by Gasteiger charge is 2.13. The van der Waals surface area contributed by atoms with Gasteiger partial charge < -0.3 is 9.64 Å². The van der Waals surface area contributed by atoms with Crippen molar-refractivity contribution in [1.82, 2.24) is 0 Å². The van der Waals surface area contributed by atoms with Crippen LogP contribution in [0.25, 0.3) is 10.8 Å². The summed E-state index contributed by atoms with van der Waals surface area (Å²) in [7, 11) is 1.69. The molecule has 0 radical (unpaired) electrons. The van der Waals surface area contributed by atoms with Gasteiger partial charge in [-0.25, -0.2) is 0 Å². The van der Waals surface area contributed by atoms with E-state index in [1.54, 1.807) is 25.3 Å². The lowest BCUT2D eigenvalue weighted by Gasteiger charge is -2.22. The van der Waals surface area contributed by atoms with E-state index in [2.05, 4.69) is 22.1 Å². The number of ether oxygens (including phenoxy) is 1. The fourth-order valence-corrected chi connectivity index (χ4v) is 3.03. The second-order valence-corrected chi connectivity index (χ2v) is 6.20. The van der Waals surface area contributed by atoms with Gasteiger partial charge >= 0.3 is 0 Å². The Morgan fingerprint density at radius 1 is 1.00 bits per heavy atom. The Hall–Kier alpha value is -3.32. The van der Waals surface area contributed by atoms with Gasteiger partial charge in [-0.1, -0.05) is 18.2 Å². The summed E-state index contributed by atoms with van der Waals surface area (Å²) >= 11 is 0. The number of azo groups is 1. The largest absolute Gasteiger partial charge is 0.383 e. The zero-order valence-electron chi connectivity index (χ0n) is 15.9. The van der Waals surface area contributed by atoms with Gasteiger partial charge in [0.2, 0.25) is 0 Å². The highest BCUT2D eigenvalue weighted by atomic mass is 16.6. The fourth-order valence-electron chi connectivity index (χ4n) is 3.03. The molecule has 7 heteroatoms. The molecule has 3 aromatic carbocycles. The van der Waals surface area contributed by atoms with E-state index in [1.807, 2.05) is 36.4 Å². The van der Waals surface area contributed by atoms with Crippen molar-refractivity contribution in [3.63, 3.8) is 0 Å². The molecule has 0 aliphatic rings. The maximum absolute atomic E-state index is 11.2. The standard InChI is InChI=1S/C21H22N4O3/c1-3-24(14-15-28-2)17-10-8-16(9-11-17)22-23-20-12-13-21(25(26)27)19-7-5-4-6-18(19)20/h4-13H,3,14-15H2,1-2H3. The van der Waals surface area contributed by atoms with Crippen LogP contribution in [0.1, 0.15) is 6.92 Å². The minimum atomic E-state index is -0.384. The topological polar surface area (TPSA) is 80.3 Å². The molecular formula is C21H22N4O3. The van der Waals surface area contributed by atoms with E-state index in [-0.39, 0.29) is 10.6 Å². The van der Waals surface area contributed by atoms with Crippen molar-refractivity contribution in [2.75, 3.05) is 31.7 Å². The normalized spacial score (nSPS) is 11.2.